The lowest BCUT2D eigenvalue weighted by atomic mass is 9.97. The summed E-state index contributed by atoms with van der Waals surface area (Å²) in [5, 5.41) is 9.13. The highest BCUT2D eigenvalue weighted by molar-refractivity contribution is 6.31. The lowest BCUT2D eigenvalue weighted by Crippen LogP contribution is -2.50. The maximum Gasteiger partial charge on any atom is 0.251 e. The van der Waals surface area contributed by atoms with Crippen LogP contribution < -0.4 is 4.90 Å². The molecule has 0 unspecified atom stereocenters. The van der Waals surface area contributed by atoms with Crippen LogP contribution in [0.2, 0.25) is 5.02 Å². The number of imide groups is 1. The fourth-order valence-electron chi connectivity index (χ4n) is 3.66. The summed E-state index contributed by atoms with van der Waals surface area (Å²) in [7, 11) is 0. The van der Waals surface area contributed by atoms with E-state index in [0.29, 0.717) is 12.1 Å². The molecule has 2 amide bonds. The van der Waals surface area contributed by atoms with Crippen LogP contribution in [0.15, 0.2) is 18.2 Å². The van der Waals surface area contributed by atoms with Crippen LogP contribution in [0, 0.1) is 5.82 Å². The van der Waals surface area contributed by atoms with Crippen LogP contribution in [-0.2, 0) is 9.59 Å². The lowest BCUT2D eigenvalue weighted by Gasteiger charge is -2.38. The summed E-state index contributed by atoms with van der Waals surface area (Å²) in [6.45, 7) is 0.805. The minimum Gasteiger partial charge on any atom is -0.396 e. The van der Waals surface area contributed by atoms with E-state index in [1.165, 1.54) is 12.1 Å². The summed E-state index contributed by atoms with van der Waals surface area (Å²) in [6, 6.07) is 3.44. The molecule has 3 rings (SSSR count). The standard InChI is InChI=1S/C17H20ClFN2O3/c18-13-9-12(4-5-14(13)19)21-16(23)10-15(17(21)24)20-7-2-1-3-11(20)6-8-22/h4-5,9,11,15,22H,1-3,6-8,10H2/t11-,15-/m1/s1. The molecule has 2 atom stereocenters. The summed E-state index contributed by atoms with van der Waals surface area (Å²) in [5.41, 5.74) is 0.301. The van der Waals surface area contributed by atoms with Crippen LogP contribution in [-0.4, -0.2) is 47.1 Å². The molecule has 5 nitrogen and oxygen atoms in total. The average Bonchev–Trinajstić information content (AvgIpc) is 2.86. The number of piperidine rings is 1. The van der Waals surface area contributed by atoms with Crippen molar-refractivity contribution >= 4 is 29.1 Å². The Hall–Kier alpha value is -1.50. The minimum absolute atomic E-state index is 0.0628. The second kappa shape index (κ2) is 7.17. The molecule has 2 aliphatic rings. The number of carbonyl (C=O) groups excluding carboxylic acids is 2. The highest BCUT2D eigenvalue weighted by atomic mass is 35.5. The van der Waals surface area contributed by atoms with Gasteiger partial charge in [-0.1, -0.05) is 18.0 Å². The van der Waals surface area contributed by atoms with Crippen LogP contribution in [0.3, 0.4) is 0 Å². The second-order valence-electron chi connectivity index (χ2n) is 6.29. The van der Waals surface area contributed by atoms with Gasteiger partial charge in [0.2, 0.25) is 5.91 Å². The fraction of sp³-hybridized carbons (Fsp3) is 0.529. The summed E-state index contributed by atoms with van der Waals surface area (Å²) in [4.78, 5) is 28.4. The minimum atomic E-state index is -0.588. The van der Waals surface area contributed by atoms with Crippen molar-refractivity contribution in [3.63, 3.8) is 0 Å². The van der Waals surface area contributed by atoms with E-state index in [-0.39, 0.29) is 35.9 Å². The third-order valence-electron chi connectivity index (χ3n) is 4.82. The molecular formula is C17H20ClFN2O3. The zero-order valence-electron chi connectivity index (χ0n) is 13.3. The second-order valence-corrected chi connectivity index (χ2v) is 6.69. The van der Waals surface area contributed by atoms with Gasteiger partial charge in [-0.05, 0) is 44.0 Å². The molecule has 0 bridgehead atoms. The molecule has 2 aliphatic heterocycles. The molecule has 2 saturated heterocycles. The van der Waals surface area contributed by atoms with Crippen LogP contribution in [0.5, 0.6) is 0 Å². The first-order valence-corrected chi connectivity index (χ1v) is 8.59. The van der Waals surface area contributed by atoms with Crippen molar-refractivity contribution in [2.24, 2.45) is 0 Å². The largest absolute Gasteiger partial charge is 0.396 e. The zero-order chi connectivity index (χ0) is 17.3. The van der Waals surface area contributed by atoms with E-state index in [0.717, 1.165) is 36.8 Å². The molecule has 0 saturated carbocycles. The van der Waals surface area contributed by atoms with E-state index in [1.54, 1.807) is 0 Å². The predicted molar refractivity (Wildman–Crippen MR) is 88.4 cm³/mol. The molecule has 2 heterocycles. The Morgan fingerprint density at radius 2 is 2.08 bits per heavy atom. The van der Waals surface area contributed by atoms with Gasteiger partial charge in [0, 0.05) is 12.6 Å². The van der Waals surface area contributed by atoms with Gasteiger partial charge in [-0.3, -0.25) is 14.5 Å². The number of likely N-dealkylation sites (tertiary alicyclic amines) is 1. The first-order valence-electron chi connectivity index (χ1n) is 8.21. The number of hydrogen-bond acceptors (Lipinski definition) is 4. The van der Waals surface area contributed by atoms with Gasteiger partial charge in [0.1, 0.15) is 5.82 Å². The van der Waals surface area contributed by atoms with Crippen molar-refractivity contribution < 1.29 is 19.1 Å². The summed E-state index contributed by atoms with van der Waals surface area (Å²) in [5.74, 6) is -1.19. The Labute approximate surface area is 145 Å². The molecule has 24 heavy (non-hydrogen) atoms. The SMILES string of the molecule is O=C1C[C@@H](N2CCCC[C@@H]2CCO)C(=O)N1c1ccc(F)c(Cl)c1. The molecule has 0 aromatic heterocycles. The molecule has 0 spiro atoms. The Balaban J connectivity index is 1.84. The van der Waals surface area contributed by atoms with Crippen molar-refractivity contribution in [1.29, 1.82) is 0 Å². The number of carbonyl (C=O) groups is 2. The maximum absolute atomic E-state index is 13.3. The number of amides is 2. The number of benzene rings is 1. The molecule has 1 aromatic carbocycles. The highest BCUT2D eigenvalue weighted by Gasteiger charge is 2.45. The van der Waals surface area contributed by atoms with Gasteiger partial charge in [-0.25, -0.2) is 9.29 Å². The Kier molecular flexibility index (Phi) is 5.18. The third kappa shape index (κ3) is 3.18. The van der Waals surface area contributed by atoms with E-state index in [4.69, 9.17) is 11.6 Å². The quantitative estimate of drug-likeness (QED) is 0.843. The van der Waals surface area contributed by atoms with E-state index < -0.39 is 11.9 Å². The number of anilines is 1. The number of halogens is 2. The van der Waals surface area contributed by atoms with E-state index >= 15 is 0 Å². The van der Waals surface area contributed by atoms with Crippen LogP contribution in [0.25, 0.3) is 0 Å². The Morgan fingerprint density at radius 3 is 2.79 bits per heavy atom. The molecular weight excluding hydrogens is 335 g/mol. The van der Waals surface area contributed by atoms with Crippen LogP contribution in [0.4, 0.5) is 10.1 Å². The van der Waals surface area contributed by atoms with Crippen molar-refractivity contribution in [2.75, 3.05) is 18.1 Å². The van der Waals surface area contributed by atoms with Crippen LogP contribution in [0.1, 0.15) is 32.1 Å². The van der Waals surface area contributed by atoms with Crippen molar-refractivity contribution in [3.8, 4) is 0 Å². The normalized spacial score (nSPS) is 25.5. The van der Waals surface area contributed by atoms with E-state index in [2.05, 4.69) is 0 Å². The van der Waals surface area contributed by atoms with Crippen LogP contribution >= 0.6 is 11.6 Å². The Bertz CT molecular complexity index is 653. The fourth-order valence-corrected chi connectivity index (χ4v) is 3.84. The first-order chi connectivity index (χ1) is 11.5. The van der Waals surface area contributed by atoms with Gasteiger partial charge in [-0.2, -0.15) is 0 Å². The smallest absolute Gasteiger partial charge is 0.251 e. The highest BCUT2D eigenvalue weighted by Crippen LogP contribution is 2.32. The Morgan fingerprint density at radius 1 is 1.29 bits per heavy atom. The third-order valence-corrected chi connectivity index (χ3v) is 5.11. The number of rotatable bonds is 4. The number of aliphatic hydroxyl groups is 1. The maximum atomic E-state index is 13.3. The van der Waals surface area contributed by atoms with Gasteiger partial charge in [0.25, 0.3) is 5.91 Å². The van der Waals surface area contributed by atoms with Gasteiger partial charge in [-0.15, -0.1) is 0 Å². The average molecular weight is 355 g/mol. The zero-order valence-corrected chi connectivity index (χ0v) is 14.0. The summed E-state index contributed by atoms with van der Waals surface area (Å²) >= 11 is 5.77. The van der Waals surface area contributed by atoms with Gasteiger partial charge < -0.3 is 5.11 Å². The first kappa shape index (κ1) is 17.3. The lowest BCUT2D eigenvalue weighted by molar-refractivity contribution is -0.123. The number of hydrogen-bond donors (Lipinski definition) is 1. The van der Waals surface area contributed by atoms with E-state index in [9.17, 15) is 19.1 Å². The number of nitrogens with zero attached hydrogens (tertiary/aromatic N) is 2. The summed E-state index contributed by atoms with van der Waals surface area (Å²) < 4.78 is 13.3. The summed E-state index contributed by atoms with van der Waals surface area (Å²) in [6.07, 6.45) is 3.66. The molecule has 1 N–H and O–H groups in total. The molecule has 7 heteroatoms. The van der Waals surface area contributed by atoms with Crippen molar-refractivity contribution in [2.45, 2.75) is 44.2 Å². The molecule has 0 radical (unpaired) electrons. The van der Waals surface area contributed by atoms with Crippen molar-refractivity contribution in [1.82, 2.24) is 4.90 Å². The predicted octanol–water partition coefficient (Wildman–Crippen LogP) is 2.35. The molecule has 130 valence electrons. The van der Waals surface area contributed by atoms with Gasteiger partial charge >= 0.3 is 0 Å². The van der Waals surface area contributed by atoms with Gasteiger partial charge in [0.15, 0.2) is 0 Å². The molecule has 1 aromatic rings. The topological polar surface area (TPSA) is 60.9 Å². The van der Waals surface area contributed by atoms with E-state index in [1.807, 2.05) is 4.90 Å². The molecule has 0 aliphatic carbocycles. The van der Waals surface area contributed by atoms with Crippen molar-refractivity contribution in [3.05, 3.63) is 29.0 Å². The van der Waals surface area contributed by atoms with Gasteiger partial charge in [0.05, 0.1) is 23.2 Å². The number of aliphatic hydroxyl groups excluding tert-OH is 1. The monoisotopic (exact) mass is 354 g/mol. The molecule has 2 fully saturated rings.